The van der Waals surface area contributed by atoms with E-state index in [2.05, 4.69) is 22.1 Å². The summed E-state index contributed by atoms with van der Waals surface area (Å²) >= 11 is 1.46. The zero-order valence-electron chi connectivity index (χ0n) is 17.3. The molecule has 2 aromatic rings. The first kappa shape index (κ1) is 20.9. The van der Waals surface area contributed by atoms with Crippen LogP contribution in [0.5, 0.6) is 0 Å². The van der Waals surface area contributed by atoms with Crippen molar-refractivity contribution in [2.45, 2.75) is 36.1 Å². The van der Waals surface area contributed by atoms with Crippen LogP contribution in [0.25, 0.3) is 0 Å². The van der Waals surface area contributed by atoms with Gasteiger partial charge in [-0.15, -0.1) is 0 Å². The Morgan fingerprint density at radius 3 is 3.00 bits per heavy atom. The summed E-state index contributed by atoms with van der Waals surface area (Å²) in [5.41, 5.74) is 1.29. The molecule has 2 aliphatic rings. The number of hydrogen-bond acceptors (Lipinski definition) is 5. The van der Waals surface area contributed by atoms with Gasteiger partial charge in [0.2, 0.25) is 5.91 Å². The number of pyridine rings is 1. The summed E-state index contributed by atoms with van der Waals surface area (Å²) in [6.45, 7) is 6.24. The SMILES string of the molecule is C[C@H]1CCCN(CCCNC(=O)CN2C(=O)c3cccnc3Sc3ccccc32)C1. The van der Waals surface area contributed by atoms with E-state index in [1.165, 1.54) is 24.6 Å². The molecule has 2 aliphatic heterocycles. The van der Waals surface area contributed by atoms with Crippen LogP contribution in [0.3, 0.4) is 0 Å². The van der Waals surface area contributed by atoms with Crippen LogP contribution in [-0.4, -0.2) is 54.4 Å². The van der Waals surface area contributed by atoms with E-state index in [9.17, 15) is 9.59 Å². The van der Waals surface area contributed by atoms with Gasteiger partial charge in [0.05, 0.1) is 11.3 Å². The van der Waals surface area contributed by atoms with Gasteiger partial charge in [-0.1, -0.05) is 30.8 Å². The zero-order valence-corrected chi connectivity index (χ0v) is 18.2. The number of fused-ring (bicyclic) bond motifs is 2. The first-order chi connectivity index (χ1) is 14.6. The number of nitrogens with zero attached hydrogens (tertiary/aromatic N) is 3. The number of likely N-dealkylation sites (tertiary alicyclic amines) is 1. The highest BCUT2D eigenvalue weighted by atomic mass is 32.2. The first-order valence-electron chi connectivity index (χ1n) is 10.6. The van der Waals surface area contributed by atoms with Crippen LogP contribution in [0.4, 0.5) is 5.69 Å². The van der Waals surface area contributed by atoms with Gasteiger partial charge in [0.1, 0.15) is 11.6 Å². The van der Waals surface area contributed by atoms with Crippen LogP contribution in [0.2, 0.25) is 0 Å². The summed E-state index contributed by atoms with van der Waals surface area (Å²) in [5.74, 6) is 0.438. The first-order valence-corrected chi connectivity index (χ1v) is 11.5. The standard InChI is InChI=1S/C23H28N4O2S/c1-17-7-5-13-26(15-17)14-6-12-24-21(28)16-27-19-9-2-3-10-20(19)30-22-18(23(27)29)8-4-11-25-22/h2-4,8-11,17H,5-7,12-16H2,1H3,(H,24,28)/t17-/m0/s1. The number of anilines is 1. The van der Waals surface area contributed by atoms with Gasteiger partial charge in [0.15, 0.2) is 0 Å². The van der Waals surface area contributed by atoms with Crippen LogP contribution in [0.15, 0.2) is 52.5 Å². The number of rotatable bonds is 6. The number of para-hydroxylation sites is 1. The second-order valence-corrected chi connectivity index (χ2v) is 9.10. The van der Waals surface area contributed by atoms with E-state index in [4.69, 9.17) is 0 Å². The van der Waals surface area contributed by atoms with E-state index < -0.39 is 0 Å². The van der Waals surface area contributed by atoms with Gasteiger partial charge in [-0.2, -0.15) is 0 Å². The van der Waals surface area contributed by atoms with Crippen LogP contribution >= 0.6 is 11.8 Å². The van der Waals surface area contributed by atoms with Crippen molar-refractivity contribution in [2.75, 3.05) is 37.6 Å². The number of hydrogen-bond donors (Lipinski definition) is 1. The Balaban J connectivity index is 1.38. The summed E-state index contributed by atoms with van der Waals surface area (Å²) in [6, 6.07) is 11.2. The Morgan fingerprint density at radius 1 is 1.27 bits per heavy atom. The number of carbonyl (C=O) groups is 2. The second kappa shape index (κ2) is 9.62. The number of piperidine rings is 1. The Labute approximate surface area is 182 Å². The van der Waals surface area contributed by atoms with Gasteiger partial charge in [0, 0.05) is 24.2 Å². The molecule has 158 valence electrons. The fraction of sp³-hybridized carbons (Fsp3) is 0.435. The highest BCUT2D eigenvalue weighted by Crippen LogP contribution is 2.39. The van der Waals surface area contributed by atoms with Crippen molar-refractivity contribution in [3.05, 3.63) is 48.2 Å². The number of aromatic nitrogens is 1. The quantitative estimate of drug-likeness (QED) is 0.720. The maximum absolute atomic E-state index is 13.2. The predicted octanol–water partition coefficient (Wildman–Crippen LogP) is 3.43. The molecular weight excluding hydrogens is 396 g/mol. The van der Waals surface area contributed by atoms with Crippen molar-refractivity contribution < 1.29 is 9.59 Å². The van der Waals surface area contributed by atoms with Crippen LogP contribution in [0.1, 0.15) is 36.5 Å². The lowest BCUT2D eigenvalue weighted by atomic mass is 10.0. The fourth-order valence-electron chi connectivity index (χ4n) is 4.14. The van der Waals surface area contributed by atoms with E-state index >= 15 is 0 Å². The van der Waals surface area contributed by atoms with Crippen molar-refractivity contribution in [2.24, 2.45) is 5.92 Å². The molecule has 0 aliphatic carbocycles. The molecule has 0 spiro atoms. The van der Waals surface area contributed by atoms with Gasteiger partial charge in [-0.25, -0.2) is 4.98 Å². The Morgan fingerprint density at radius 2 is 2.13 bits per heavy atom. The molecule has 30 heavy (non-hydrogen) atoms. The second-order valence-electron chi connectivity index (χ2n) is 8.07. The summed E-state index contributed by atoms with van der Waals surface area (Å²) < 4.78 is 0. The lowest BCUT2D eigenvalue weighted by Gasteiger charge is -2.30. The molecule has 0 saturated carbocycles. The molecule has 3 heterocycles. The van der Waals surface area contributed by atoms with Gasteiger partial charge in [-0.3, -0.25) is 14.5 Å². The summed E-state index contributed by atoms with van der Waals surface area (Å²) in [5, 5.41) is 3.67. The van der Waals surface area contributed by atoms with Crippen LogP contribution in [0, 0.1) is 5.92 Å². The molecule has 1 atom stereocenters. The third-order valence-corrected chi connectivity index (χ3v) is 6.71. The van der Waals surface area contributed by atoms with Crippen molar-refractivity contribution in [1.82, 2.24) is 15.2 Å². The molecule has 0 radical (unpaired) electrons. The Bertz CT molecular complexity index is 920. The van der Waals surface area contributed by atoms with Crippen molar-refractivity contribution in [3.63, 3.8) is 0 Å². The maximum Gasteiger partial charge on any atom is 0.261 e. The van der Waals surface area contributed by atoms with Gasteiger partial charge in [-0.05, 0) is 62.5 Å². The molecule has 6 nitrogen and oxygen atoms in total. The average molecular weight is 425 g/mol. The number of amides is 2. The molecule has 0 bridgehead atoms. The smallest absolute Gasteiger partial charge is 0.261 e. The zero-order chi connectivity index (χ0) is 20.9. The van der Waals surface area contributed by atoms with Crippen molar-refractivity contribution in [1.29, 1.82) is 0 Å². The number of benzene rings is 1. The molecule has 1 saturated heterocycles. The highest BCUT2D eigenvalue weighted by molar-refractivity contribution is 7.99. The summed E-state index contributed by atoms with van der Waals surface area (Å²) in [7, 11) is 0. The summed E-state index contributed by atoms with van der Waals surface area (Å²) in [6.07, 6.45) is 5.19. The van der Waals surface area contributed by atoms with Crippen LogP contribution in [-0.2, 0) is 4.79 Å². The molecule has 1 N–H and O–H groups in total. The lowest BCUT2D eigenvalue weighted by Crippen LogP contribution is -2.42. The lowest BCUT2D eigenvalue weighted by molar-refractivity contribution is -0.119. The number of carbonyl (C=O) groups excluding carboxylic acids is 2. The monoisotopic (exact) mass is 424 g/mol. The van der Waals surface area contributed by atoms with Gasteiger partial charge >= 0.3 is 0 Å². The molecular formula is C23H28N4O2S. The highest BCUT2D eigenvalue weighted by Gasteiger charge is 2.29. The van der Waals surface area contributed by atoms with Gasteiger partial charge < -0.3 is 10.2 Å². The minimum atomic E-state index is -0.187. The van der Waals surface area contributed by atoms with E-state index in [1.54, 1.807) is 23.2 Å². The molecule has 1 aromatic carbocycles. The van der Waals surface area contributed by atoms with Crippen molar-refractivity contribution >= 4 is 29.3 Å². The van der Waals surface area contributed by atoms with Gasteiger partial charge in [0.25, 0.3) is 5.91 Å². The third kappa shape index (κ3) is 4.84. The minimum Gasteiger partial charge on any atom is -0.355 e. The van der Waals surface area contributed by atoms with Crippen molar-refractivity contribution in [3.8, 4) is 0 Å². The van der Waals surface area contributed by atoms with Crippen LogP contribution < -0.4 is 10.2 Å². The average Bonchev–Trinajstić information content (AvgIpc) is 2.86. The largest absolute Gasteiger partial charge is 0.355 e. The van der Waals surface area contributed by atoms with E-state index in [-0.39, 0.29) is 18.4 Å². The minimum absolute atomic E-state index is 0.00545. The summed E-state index contributed by atoms with van der Waals surface area (Å²) in [4.78, 5) is 35.2. The molecule has 1 aromatic heterocycles. The van der Waals surface area contributed by atoms with E-state index in [1.807, 2.05) is 24.3 Å². The molecule has 7 heteroatoms. The Kier molecular flexibility index (Phi) is 6.69. The third-order valence-electron chi connectivity index (χ3n) is 5.63. The normalized spacial score (nSPS) is 19.0. The Hall–Kier alpha value is -2.38. The predicted molar refractivity (Wildman–Crippen MR) is 119 cm³/mol. The molecule has 1 fully saturated rings. The number of nitrogens with one attached hydrogen (secondary N) is 1. The van der Waals surface area contributed by atoms with E-state index in [0.29, 0.717) is 17.1 Å². The molecule has 0 unspecified atom stereocenters. The topological polar surface area (TPSA) is 65.5 Å². The molecule has 2 amide bonds. The molecule has 4 rings (SSSR count). The fourth-order valence-corrected chi connectivity index (χ4v) is 5.15. The van der Waals surface area contributed by atoms with E-state index in [0.717, 1.165) is 42.6 Å². The maximum atomic E-state index is 13.2.